The van der Waals surface area contributed by atoms with Gasteiger partial charge in [-0.25, -0.2) is 9.78 Å². The number of carboxylic acids is 1. The molecule has 0 bridgehead atoms. The second kappa shape index (κ2) is 12.9. The fourth-order valence-corrected chi connectivity index (χ4v) is 4.12. The van der Waals surface area contributed by atoms with Crippen molar-refractivity contribution in [2.45, 2.75) is 64.2 Å². The van der Waals surface area contributed by atoms with Crippen molar-refractivity contribution in [2.75, 3.05) is 0 Å². The average Bonchev–Trinajstić information content (AvgIpc) is 3.52. The zero-order valence-electron chi connectivity index (χ0n) is 21.7. The molecule has 38 heavy (non-hydrogen) atoms. The first kappa shape index (κ1) is 28.4. The smallest absolute Gasteiger partial charge is 0.326 e. The predicted molar refractivity (Wildman–Crippen MR) is 141 cm³/mol. The van der Waals surface area contributed by atoms with Crippen LogP contribution in [0.5, 0.6) is 0 Å². The summed E-state index contributed by atoms with van der Waals surface area (Å²) in [5, 5.41) is 18.4. The van der Waals surface area contributed by atoms with Crippen LogP contribution >= 0.6 is 0 Å². The normalized spacial score (nSPS) is 14.4. The first-order valence-electron chi connectivity index (χ1n) is 12.5. The summed E-state index contributed by atoms with van der Waals surface area (Å²) in [6, 6.07) is 3.34. The molecule has 0 aliphatic heterocycles. The van der Waals surface area contributed by atoms with Gasteiger partial charge in [-0.05, 0) is 30.9 Å². The van der Waals surface area contributed by atoms with E-state index in [1.807, 2.05) is 38.1 Å². The topological polar surface area (TPSA) is 195 Å². The zero-order valence-corrected chi connectivity index (χ0v) is 21.7. The van der Waals surface area contributed by atoms with E-state index in [9.17, 15) is 24.3 Å². The Morgan fingerprint density at radius 2 is 1.66 bits per heavy atom. The SMILES string of the molecule is CC(C)CC(N)C(=O)NC(C)C(=O)NC(Cc1cnc[nH]1)C(=O)NC(Cc1c[nH]c2ccccc12)C(=O)O. The van der Waals surface area contributed by atoms with Gasteiger partial charge in [-0.15, -0.1) is 0 Å². The van der Waals surface area contributed by atoms with Gasteiger partial charge in [-0.3, -0.25) is 14.4 Å². The number of carbonyl (C=O) groups is 4. The van der Waals surface area contributed by atoms with Crippen molar-refractivity contribution in [3.8, 4) is 0 Å². The second-order valence-corrected chi connectivity index (χ2v) is 9.77. The molecule has 4 atom stereocenters. The van der Waals surface area contributed by atoms with Gasteiger partial charge < -0.3 is 36.8 Å². The number of para-hydroxylation sites is 1. The number of carboxylic acid groups (broad SMARTS) is 1. The number of carbonyl (C=O) groups excluding carboxylic acids is 3. The Kier molecular flexibility index (Phi) is 9.61. The van der Waals surface area contributed by atoms with E-state index in [-0.39, 0.29) is 18.8 Å². The zero-order chi connectivity index (χ0) is 27.8. The number of nitrogens with one attached hydrogen (secondary N) is 5. The third-order valence-corrected chi connectivity index (χ3v) is 6.14. The molecule has 2 aromatic heterocycles. The number of aromatic amines is 2. The minimum atomic E-state index is -1.24. The third kappa shape index (κ3) is 7.65. The second-order valence-electron chi connectivity index (χ2n) is 9.77. The Hall–Kier alpha value is -4.19. The van der Waals surface area contributed by atoms with Crippen molar-refractivity contribution in [1.82, 2.24) is 30.9 Å². The fraction of sp³-hybridized carbons (Fsp3) is 0.423. The quantitative estimate of drug-likeness (QED) is 0.170. The molecule has 8 N–H and O–H groups in total. The van der Waals surface area contributed by atoms with Crippen LogP contribution in [0.3, 0.4) is 0 Å². The minimum Gasteiger partial charge on any atom is -0.480 e. The molecule has 3 rings (SSSR count). The van der Waals surface area contributed by atoms with Gasteiger partial charge in [0.1, 0.15) is 18.1 Å². The summed E-state index contributed by atoms with van der Waals surface area (Å²) in [5.74, 6) is -2.78. The van der Waals surface area contributed by atoms with Crippen LogP contribution in [-0.4, -0.2) is 67.9 Å². The molecule has 0 saturated heterocycles. The van der Waals surface area contributed by atoms with Crippen LogP contribution < -0.4 is 21.7 Å². The first-order valence-corrected chi connectivity index (χ1v) is 12.5. The molecule has 0 aliphatic rings. The minimum absolute atomic E-state index is 0.0323. The number of aliphatic carboxylic acids is 1. The number of aromatic nitrogens is 3. The Morgan fingerprint density at radius 1 is 0.947 bits per heavy atom. The van der Waals surface area contributed by atoms with Gasteiger partial charge in [0.25, 0.3) is 0 Å². The molecule has 4 unspecified atom stereocenters. The summed E-state index contributed by atoms with van der Waals surface area (Å²) in [6.07, 6.45) is 5.18. The summed E-state index contributed by atoms with van der Waals surface area (Å²) in [4.78, 5) is 60.4. The maximum Gasteiger partial charge on any atom is 0.326 e. The van der Waals surface area contributed by atoms with Gasteiger partial charge in [-0.2, -0.15) is 0 Å². The fourth-order valence-electron chi connectivity index (χ4n) is 4.12. The lowest BCUT2D eigenvalue weighted by molar-refractivity contribution is -0.142. The van der Waals surface area contributed by atoms with Crippen LogP contribution in [0.25, 0.3) is 10.9 Å². The lowest BCUT2D eigenvalue weighted by Crippen LogP contribution is -2.57. The monoisotopic (exact) mass is 525 g/mol. The summed E-state index contributed by atoms with van der Waals surface area (Å²) in [6.45, 7) is 5.35. The van der Waals surface area contributed by atoms with Gasteiger partial charge in [0.15, 0.2) is 0 Å². The average molecular weight is 526 g/mol. The Balaban J connectivity index is 1.71. The maximum atomic E-state index is 13.2. The van der Waals surface area contributed by atoms with Gasteiger partial charge in [0.05, 0.1) is 12.4 Å². The largest absolute Gasteiger partial charge is 0.480 e. The number of amides is 3. The summed E-state index contributed by atoms with van der Waals surface area (Å²) in [5.41, 5.74) is 8.05. The van der Waals surface area contributed by atoms with E-state index in [0.717, 1.165) is 16.5 Å². The van der Waals surface area contributed by atoms with Crippen LogP contribution in [0.4, 0.5) is 0 Å². The Bertz CT molecular complexity index is 1250. The van der Waals surface area contributed by atoms with Crippen LogP contribution in [0.1, 0.15) is 38.4 Å². The molecule has 12 heteroatoms. The summed E-state index contributed by atoms with van der Waals surface area (Å²) >= 11 is 0. The van der Waals surface area contributed by atoms with E-state index in [1.54, 1.807) is 6.20 Å². The number of rotatable bonds is 13. The molecule has 0 radical (unpaired) electrons. The first-order chi connectivity index (χ1) is 18.0. The van der Waals surface area contributed by atoms with E-state index in [2.05, 4.69) is 30.9 Å². The van der Waals surface area contributed by atoms with Crippen LogP contribution in [0, 0.1) is 5.92 Å². The van der Waals surface area contributed by atoms with E-state index < -0.39 is 47.9 Å². The van der Waals surface area contributed by atoms with Crippen molar-refractivity contribution >= 4 is 34.6 Å². The Labute approximate surface area is 220 Å². The third-order valence-electron chi connectivity index (χ3n) is 6.14. The highest BCUT2D eigenvalue weighted by molar-refractivity contribution is 5.94. The molecule has 1 aromatic carbocycles. The highest BCUT2D eigenvalue weighted by atomic mass is 16.4. The molecule has 0 fully saturated rings. The molecule has 2 heterocycles. The lowest BCUT2D eigenvalue weighted by atomic mass is 10.0. The summed E-state index contributed by atoms with van der Waals surface area (Å²) < 4.78 is 0. The van der Waals surface area contributed by atoms with E-state index in [0.29, 0.717) is 12.1 Å². The highest BCUT2D eigenvalue weighted by Gasteiger charge is 2.30. The number of hydrogen-bond donors (Lipinski definition) is 7. The molecule has 0 spiro atoms. The molecule has 204 valence electrons. The molecule has 0 aliphatic carbocycles. The van der Waals surface area contributed by atoms with E-state index >= 15 is 0 Å². The summed E-state index contributed by atoms with van der Waals surface area (Å²) in [7, 11) is 0. The van der Waals surface area contributed by atoms with Crippen molar-refractivity contribution in [3.63, 3.8) is 0 Å². The van der Waals surface area contributed by atoms with Crippen LogP contribution in [0.15, 0.2) is 43.0 Å². The number of fused-ring (bicyclic) bond motifs is 1. The predicted octanol–water partition coefficient (Wildman–Crippen LogP) is 0.609. The lowest BCUT2D eigenvalue weighted by Gasteiger charge is -2.23. The van der Waals surface area contributed by atoms with Gasteiger partial charge in [0, 0.05) is 41.8 Å². The number of benzene rings is 1. The molecule has 0 saturated carbocycles. The molecule has 3 aromatic rings. The Morgan fingerprint density at radius 3 is 2.32 bits per heavy atom. The number of nitrogens with two attached hydrogens (primary N) is 1. The molecule has 12 nitrogen and oxygen atoms in total. The van der Waals surface area contributed by atoms with Gasteiger partial charge in [0.2, 0.25) is 17.7 Å². The van der Waals surface area contributed by atoms with Crippen molar-refractivity contribution in [1.29, 1.82) is 0 Å². The van der Waals surface area contributed by atoms with Crippen LogP contribution in [0.2, 0.25) is 0 Å². The van der Waals surface area contributed by atoms with Gasteiger partial charge in [-0.1, -0.05) is 32.0 Å². The number of hydrogen-bond acceptors (Lipinski definition) is 6. The number of imidazole rings is 1. The van der Waals surface area contributed by atoms with E-state index in [4.69, 9.17) is 5.73 Å². The van der Waals surface area contributed by atoms with Gasteiger partial charge >= 0.3 is 5.97 Å². The number of nitrogens with zero attached hydrogens (tertiary/aromatic N) is 1. The molecular weight excluding hydrogens is 490 g/mol. The van der Waals surface area contributed by atoms with E-state index in [1.165, 1.54) is 19.4 Å². The number of H-pyrrole nitrogens is 2. The maximum absolute atomic E-state index is 13.2. The van der Waals surface area contributed by atoms with Crippen LogP contribution in [-0.2, 0) is 32.0 Å². The van der Waals surface area contributed by atoms with Crippen molar-refractivity contribution in [3.05, 3.63) is 54.2 Å². The standard InChI is InChI=1S/C26H35N7O5/c1-14(2)8-19(27)24(35)31-15(3)23(34)32-21(10-17-12-28-13-30-17)25(36)33-22(26(37)38)9-16-11-29-20-7-5-4-6-18(16)20/h4-7,11-15,19,21-22,29H,8-10,27H2,1-3H3,(H,28,30)(H,31,35)(H,32,34)(H,33,36)(H,37,38). The molecular formula is C26H35N7O5. The highest BCUT2D eigenvalue weighted by Crippen LogP contribution is 2.19. The van der Waals surface area contributed by atoms with Crippen molar-refractivity contribution in [2.24, 2.45) is 11.7 Å². The van der Waals surface area contributed by atoms with Crippen molar-refractivity contribution < 1.29 is 24.3 Å². The molecule has 3 amide bonds.